The lowest BCUT2D eigenvalue weighted by Crippen LogP contribution is -2.44. The van der Waals surface area contributed by atoms with E-state index in [0.717, 1.165) is 5.75 Å². The summed E-state index contributed by atoms with van der Waals surface area (Å²) in [6.45, 7) is 10.2. The van der Waals surface area contributed by atoms with Crippen molar-refractivity contribution in [2.75, 3.05) is 0 Å². The highest BCUT2D eigenvalue weighted by Gasteiger charge is 2.21. The summed E-state index contributed by atoms with van der Waals surface area (Å²) >= 11 is 0. The Kier molecular flexibility index (Phi) is 5.87. The van der Waals surface area contributed by atoms with Gasteiger partial charge in [-0.2, -0.15) is 0 Å². The largest absolute Gasteiger partial charge is 0.481 e. The van der Waals surface area contributed by atoms with E-state index in [4.69, 9.17) is 4.74 Å². The van der Waals surface area contributed by atoms with Crippen LogP contribution in [0.5, 0.6) is 5.75 Å². The third kappa shape index (κ3) is 4.93. The molecule has 106 valence electrons. The summed E-state index contributed by atoms with van der Waals surface area (Å²) in [6, 6.07) is 7.92. The van der Waals surface area contributed by atoms with Crippen molar-refractivity contribution in [3.8, 4) is 5.75 Å². The lowest BCUT2D eigenvalue weighted by molar-refractivity contribution is -0.129. The SMILES string of the molecule is CC[C@@H](Oc1ccc(C)cc1)C(=O)N[C@@H](C)C(C)C. The summed E-state index contributed by atoms with van der Waals surface area (Å²) < 4.78 is 5.75. The van der Waals surface area contributed by atoms with Crippen LogP contribution in [0.3, 0.4) is 0 Å². The highest BCUT2D eigenvalue weighted by Crippen LogP contribution is 2.15. The molecule has 0 aliphatic rings. The number of aryl methyl sites for hydroxylation is 1. The Morgan fingerprint density at radius 3 is 2.26 bits per heavy atom. The Labute approximate surface area is 116 Å². The van der Waals surface area contributed by atoms with Gasteiger partial charge in [0.05, 0.1) is 0 Å². The first-order valence-corrected chi connectivity index (χ1v) is 6.97. The number of rotatable bonds is 6. The molecule has 3 nitrogen and oxygen atoms in total. The van der Waals surface area contributed by atoms with Crippen LogP contribution >= 0.6 is 0 Å². The minimum Gasteiger partial charge on any atom is -0.481 e. The molecule has 1 rings (SSSR count). The molecule has 0 spiro atoms. The molecule has 1 amide bonds. The molecular weight excluding hydrogens is 238 g/mol. The Bertz CT molecular complexity index is 398. The monoisotopic (exact) mass is 263 g/mol. The smallest absolute Gasteiger partial charge is 0.261 e. The molecule has 0 radical (unpaired) electrons. The van der Waals surface area contributed by atoms with Gasteiger partial charge in [-0.3, -0.25) is 4.79 Å². The van der Waals surface area contributed by atoms with Crippen molar-refractivity contribution in [1.82, 2.24) is 5.32 Å². The Balaban J connectivity index is 2.62. The summed E-state index contributed by atoms with van der Waals surface area (Å²) in [6.07, 6.45) is 0.230. The van der Waals surface area contributed by atoms with Gasteiger partial charge in [-0.15, -0.1) is 0 Å². The van der Waals surface area contributed by atoms with Gasteiger partial charge in [0.1, 0.15) is 5.75 Å². The van der Waals surface area contributed by atoms with Crippen LogP contribution in [-0.4, -0.2) is 18.1 Å². The van der Waals surface area contributed by atoms with E-state index in [1.165, 1.54) is 5.56 Å². The first-order valence-electron chi connectivity index (χ1n) is 6.97. The zero-order chi connectivity index (χ0) is 14.4. The van der Waals surface area contributed by atoms with Crippen molar-refractivity contribution in [2.45, 2.75) is 53.2 Å². The molecule has 0 bridgehead atoms. The maximum absolute atomic E-state index is 12.1. The molecule has 0 aliphatic heterocycles. The van der Waals surface area contributed by atoms with Gasteiger partial charge in [-0.25, -0.2) is 0 Å². The van der Waals surface area contributed by atoms with E-state index >= 15 is 0 Å². The lowest BCUT2D eigenvalue weighted by Gasteiger charge is -2.22. The van der Waals surface area contributed by atoms with Crippen LogP contribution < -0.4 is 10.1 Å². The highest BCUT2D eigenvalue weighted by molar-refractivity contribution is 5.81. The molecule has 3 heteroatoms. The number of amides is 1. The number of hydrogen-bond acceptors (Lipinski definition) is 2. The van der Waals surface area contributed by atoms with Gasteiger partial charge < -0.3 is 10.1 Å². The average molecular weight is 263 g/mol. The molecule has 0 heterocycles. The van der Waals surface area contributed by atoms with Crippen LogP contribution in [0, 0.1) is 12.8 Å². The van der Waals surface area contributed by atoms with Gasteiger partial charge in [0.15, 0.2) is 6.10 Å². The van der Waals surface area contributed by atoms with E-state index in [1.54, 1.807) is 0 Å². The molecule has 19 heavy (non-hydrogen) atoms. The van der Waals surface area contributed by atoms with Crippen LogP contribution in [0.1, 0.15) is 39.7 Å². The fourth-order valence-electron chi connectivity index (χ4n) is 1.59. The van der Waals surface area contributed by atoms with Gasteiger partial charge >= 0.3 is 0 Å². The summed E-state index contributed by atoms with van der Waals surface area (Å²) in [7, 11) is 0. The van der Waals surface area contributed by atoms with E-state index < -0.39 is 6.10 Å². The predicted molar refractivity (Wildman–Crippen MR) is 78.3 cm³/mol. The maximum atomic E-state index is 12.1. The van der Waals surface area contributed by atoms with Crippen LogP contribution in [0.25, 0.3) is 0 Å². The normalized spacial score (nSPS) is 14.0. The maximum Gasteiger partial charge on any atom is 0.261 e. The molecular formula is C16H25NO2. The molecule has 0 aliphatic carbocycles. The molecule has 0 fully saturated rings. The second kappa shape index (κ2) is 7.17. The molecule has 1 N–H and O–H groups in total. The van der Waals surface area contributed by atoms with Gasteiger partial charge in [0.25, 0.3) is 5.91 Å². The van der Waals surface area contributed by atoms with Gasteiger partial charge in [-0.1, -0.05) is 38.5 Å². The molecule has 0 aromatic heterocycles. The van der Waals surface area contributed by atoms with E-state index in [2.05, 4.69) is 19.2 Å². The molecule has 0 saturated carbocycles. The minimum atomic E-state index is -0.427. The van der Waals surface area contributed by atoms with Crippen LogP contribution in [0.2, 0.25) is 0 Å². The van der Waals surface area contributed by atoms with Gasteiger partial charge in [-0.05, 0) is 38.3 Å². The molecule has 0 unspecified atom stereocenters. The predicted octanol–water partition coefficient (Wildman–Crippen LogP) is 3.31. The third-order valence-electron chi connectivity index (χ3n) is 3.33. The molecule has 1 aromatic rings. The highest BCUT2D eigenvalue weighted by atomic mass is 16.5. The Morgan fingerprint density at radius 1 is 1.21 bits per heavy atom. The summed E-state index contributed by atoms with van der Waals surface area (Å²) in [5, 5.41) is 3.00. The Hall–Kier alpha value is -1.51. The first kappa shape index (κ1) is 15.5. The van der Waals surface area contributed by atoms with Crippen molar-refractivity contribution in [3.63, 3.8) is 0 Å². The van der Waals surface area contributed by atoms with Crippen molar-refractivity contribution in [3.05, 3.63) is 29.8 Å². The average Bonchev–Trinajstić information content (AvgIpc) is 2.37. The molecule has 0 saturated heterocycles. The van der Waals surface area contributed by atoms with Crippen molar-refractivity contribution in [2.24, 2.45) is 5.92 Å². The Morgan fingerprint density at radius 2 is 1.79 bits per heavy atom. The van der Waals surface area contributed by atoms with Crippen LogP contribution in [0.15, 0.2) is 24.3 Å². The molecule has 2 atom stereocenters. The van der Waals surface area contributed by atoms with E-state index in [-0.39, 0.29) is 11.9 Å². The standard InChI is InChI=1S/C16H25NO2/c1-6-15(16(18)17-13(5)11(2)3)19-14-9-7-12(4)8-10-14/h7-11,13,15H,6H2,1-5H3,(H,17,18)/t13-,15+/m0/s1. The minimum absolute atomic E-state index is 0.0377. The number of ether oxygens (including phenoxy) is 1. The lowest BCUT2D eigenvalue weighted by atomic mass is 10.1. The zero-order valence-corrected chi connectivity index (χ0v) is 12.6. The van der Waals surface area contributed by atoms with Crippen molar-refractivity contribution < 1.29 is 9.53 Å². The van der Waals surface area contributed by atoms with Crippen LogP contribution in [0.4, 0.5) is 0 Å². The van der Waals surface area contributed by atoms with Gasteiger partial charge in [0.2, 0.25) is 0 Å². The zero-order valence-electron chi connectivity index (χ0n) is 12.6. The summed E-state index contributed by atoms with van der Waals surface area (Å²) in [5.41, 5.74) is 1.18. The fourth-order valence-corrected chi connectivity index (χ4v) is 1.59. The molecule has 1 aromatic carbocycles. The number of benzene rings is 1. The topological polar surface area (TPSA) is 38.3 Å². The number of carbonyl (C=O) groups excluding carboxylic acids is 1. The van der Waals surface area contributed by atoms with E-state index in [9.17, 15) is 4.79 Å². The number of carbonyl (C=O) groups is 1. The summed E-state index contributed by atoms with van der Waals surface area (Å²) in [4.78, 5) is 12.1. The quantitative estimate of drug-likeness (QED) is 0.855. The van der Waals surface area contributed by atoms with Crippen LogP contribution in [-0.2, 0) is 4.79 Å². The first-order chi connectivity index (χ1) is 8.93. The van der Waals surface area contributed by atoms with E-state index in [0.29, 0.717) is 12.3 Å². The number of hydrogen-bond donors (Lipinski definition) is 1. The third-order valence-corrected chi connectivity index (χ3v) is 3.33. The second-order valence-electron chi connectivity index (χ2n) is 5.37. The second-order valence-corrected chi connectivity index (χ2v) is 5.37. The van der Waals surface area contributed by atoms with Gasteiger partial charge in [0, 0.05) is 6.04 Å². The van der Waals surface area contributed by atoms with Crippen molar-refractivity contribution in [1.29, 1.82) is 0 Å². The summed E-state index contributed by atoms with van der Waals surface area (Å²) in [5.74, 6) is 1.12. The fraction of sp³-hybridized carbons (Fsp3) is 0.562. The number of nitrogens with one attached hydrogen (secondary N) is 1. The van der Waals surface area contributed by atoms with E-state index in [1.807, 2.05) is 45.0 Å². The van der Waals surface area contributed by atoms with Crippen molar-refractivity contribution >= 4 is 5.91 Å².